The van der Waals surface area contributed by atoms with Gasteiger partial charge < -0.3 is 4.57 Å². The molecule has 3 heterocycles. The fraction of sp³-hybridized carbons (Fsp3) is 0.500. The van der Waals surface area contributed by atoms with E-state index >= 15 is 0 Å². The van der Waals surface area contributed by atoms with Crippen LogP contribution in [0.1, 0.15) is 30.4 Å². The van der Waals surface area contributed by atoms with Crippen molar-refractivity contribution < 1.29 is 0 Å². The first-order valence-corrected chi connectivity index (χ1v) is 8.25. The molecular formula is C14H18ClN5S. The normalized spacial score (nSPS) is 12.4. The van der Waals surface area contributed by atoms with Gasteiger partial charge in [0.25, 0.3) is 0 Å². The monoisotopic (exact) mass is 323 g/mol. The Morgan fingerprint density at radius 1 is 1.38 bits per heavy atom. The van der Waals surface area contributed by atoms with Gasteiger partial charge in [-0.15, -0.1) is 22.9 Å². The van der Waals surface area contributed by atoms with Crippen molar-refractivity contribution >= 4 is 34.1 Å². The van der Waals surface area contributed by atoms with Gasteiger partial charge in [-0.05, 0) is 20.8 Å². The van der Waals surface area contributed by atoms with Crippen LogP contribution in [-0.4, -0.2) is 30.2 Å². The maximum absolute atomic E-state index is 5.97. The van der Waals surface area contributed by atoms with Crippen LogP contribution in [0.15, 0.2) is 11.6 Å². The molecule has 0 aliphatic carbocycles. The second-order valence-electron chi connectivity index (χ2n) is 5.58. The van der Waals surface area contributed by atoms with Gasteiger partial charge in [-0.2, -0.15) is 5.10 Å². The molecular weight excluding hydrogens is 306 g/mol. The Kier molecular flexibility index (Phi) is 3.53. The molecule has 3 rings (SSSR count). The highest BCUT2D eigenvalue weighted by atomic mass is 35.5. The van der Waals surface area contributed by atoms with Gasteiger partial charge in [-0.3, -0.25) is 4.68 Å². The van der Waals surface area contributed by atoms with E-state index in [4.69, 9.17) is 16.6 Å². The zero-order chi connectivity index (χ0) is 15.2. The summed E-state index contributed by atoms with van der Waals surface area (Å²) >= 11 is 7.62. The molecule has 0 aromatic carbocycles. The molecule has 0 N–H and O–H groups in total. The molecule has 0 spiro atoms. The predicted octanol–water partition coefficient (Wildman–Crippen LogP) is 3.10. The van der Waals surface area contributed by atoms with Crippen LogP contribution in [0.4, 0.5) is 0 Å². The molecule has 0 saturated heterocycles. The average Bonchev–Trinajstić information content (AvgIpc) is 3.10. The second-order valence-corrected chi connectivity index (χ2v) is 6.85. The highest BCUT2D eigenvalue weighted by molar-refractivity contribution is 7.09. The summed E-state index contributed by atoms with van der Waals surface area (Å²) in [4.78, 5) is 9.27. The molecule has 0 atom stereocenters. The molecule has 0 radical (unpaired) electrons. The molecule has 0 aliphatic rings. The lowest BCUT2D eigenvalue weighted by Crippen LogP contribution is -2.30. The standard InChI is InChI=1S/C14H18ClN5S/c1-9-11-12(19(4)18-9)20(10(17-11)5-6-15)14(2,3)13-16-7-8-21-13/h7-8H,5-6H2,1-4H3. The Morgan fingerprint density at radius 2 is 2.14 bits per heavy atom. The van der Waals surface area contributed by atoms with Crippen molar-refractivity contribution in [3.8, 4) is 0 Å². The van der Waals surface area contributed by atoms with Gasteiger partial charge in [-0.25, -0.2) is 9.97 Å². The molecule has 0 fully saturated rings. The highest BCUT2D eigenvalue weighted by Gasteiger charge is 2.32. The molecule has 3 aromatic rings. The maximum atomic E-state index is 5.97. The van der Waals surface area contributed by atoms with Crippen molar-refractivity contribution in [3.63, 3.8) is 0 Å². The van der Waals surface area contributed by atoms with E-state index in [1.807, 2.05) is 30.2 Å². The topological polar surface area (TPSA) is 48.5 Å². The van der Waals surface area contributed by atoms with E-state index in [2.05, 4.69) is 28.5 Å². The number of fused-ring (bicyclic) bond motifs is 1. The van der Waals surface area contributed by atoms with Crippen LogP contribution < -0.4 is 0 Å². The number of hydrogen-bond acceptors (Lipinski definition) is 4. The number of rotatable bonds is 4. The van der Waals surface area contributed by atoms with Crippen LogP contribution >= 0.6 is 22.9 Å². The first-order chi connectivity index (χ1) is 9.96. The number of hydrogen-bond donors (Lipinski definition) is 0. The Bertz CT molecular complexity index is 769. The van der Waals surface area contributed by atoms with Crippen molar-refractivity contribution in [2.45, 2.75) is 32.7 Å². The number of aryl methyl sites for hydroxylation is 3. The average molecular weight is 324 g/mol. The summed E-state index contributed by atoms with van der Waals surface area (Å²) in [5, 5.41) is 7.54. The van der Waals surface area contributed by atoms with E-state index in [-0.39, 0.29) is 5.54 Å². The molecule has 7 heteroatoms. The van der Waals surface area contributed by atoms with Gasteiger partial charge in [0.2, 0.25) is 0 Å². The molecule has 21 heavy (non-hydrogen) atoms. The minimum atomic E-state index is -0.287. The third-order valence-corrected chi connectivity index (χ3v) is 4.98. The summed E-state index contributed by atoms with van der Waals surface area (Å²) in [5.74, 6) is 1.53. The van der Waals surface area contributed by atoms with E-state index in [1.54, 1.807) is 11.3 Å². The minimum Gasteiger partial charge on any atom is -0.301 e. The summed E-state index contributed by atoms with van der Waals surface area (Å²) in [6, 6.07) is 0. The molecule has 0 amide bonds. The van der Waals surface area contributed by atoms with Crippen LogP contribution in [0.2, 0.25) is 0 Å². The smallest absolute Gasteiger partial charge is 0.159 e. The number of halogens is 1. The Morgan fingerprint density at radius 3 is 2.76 bits per heavy atom. The highest BCUT2D eigenvalue weighted by Crippen LogP contribution is 2.33. The summed E-state index contributed by atoms with van der Waals surface area (Å²) in [6.07, 6.45) is 2.57. The minimum absolute atomic E-state index is 0.287. The number of nitrogens with zero attached hydrogens (tertiary/aromatic N) is 5. The molecule has 5 nitrogen and oxygen atoms in total. The van der Waals surface area contributed by atoms with Crippen molar-refractivity contribution in [3.05, 3.63) is 28.1 Å². The zero-order valence-electron chi connectivity index (χ0n) is 12.6. The lowest BCUT2D eigenvalue weighted by molar-refractivity contribution is 0.423. The lowest BCUT2D eigenvalue weighted by Gasteiger charge is -2.27. The van der Waals surface area contributed by atoms with Crippen LogP contribution in [0.5, 0.6) is 0 Å². The maximum Gasteiger partial charge on any atom is 0.159 e. The second kappa shape index (κ2) is 5.10. The third kappa shape index (κ3) is 2.17. The fourth-order valence-electron chi connectivity index (χ4n) is 2.78. The molecule has 0 unspecified atom stereocenters. The van der Waals surface area contributed by atoms with Crippen molar-refractivity contribution in [1.29, 1.82) is 0 Å². The molecule has 0 aliphatic heterocycles. The van der Waals surface area contributed by atoms with Crippen molar-refractivity contribution in [2.24, 2.45) is 7.05 Å². The van der Waals surface area contributed by atoms with E-state index in [0.29, 0.717) is 5.88 Å². The summed E-state index contributed by atoms with van der Waals surface area (Å²) in [7, 11) is 1.95. The van der Waals surface area contributed by atoms with Gasteiger partial charge in [-0.1, -0.05) is 0 Å². The first-order valence-electron chi connectivity index (χ1n) is 6.84. The van der Waals surface area contributed by atoms with Crippen LogP contribution in [0.25, 0.3) is 11.2 Å². The van der Waals surface area contributed by atoms with Crippen LogP contribution in [-0.2, 0) is 19.0 Å². The Labute approximate surface area is 132 Å². The molecule has 112 valence electrons. The summed E-state index contributed by atoms with van der Waals surface area (Å²) < 4.78 is 4.12. The number of imidazole rings is 1. The van der Waals surface area contributed by atoms with Crippen molar-refractivity contribution in [1.82, 2.24) is 24.3 Å². The van der Waals surface area contributed by atoms with E-state index in [9.17, 15) is 0 Å². The lowest BCUT2D eigenvalue weighted by atomic mass is 10.1. The Balaban J connectivity index is 2.31. The Hall–Kier alpha value is -1.40. The van der Waals surface area contributed by atoms with E-state index in [1.165, 1.54) is 0 Å². The quantitative estimate of drug-likeness (QED) is 0.693. The first kappa shape index (κ1) is 14.5. The van der Waals surface area contributed by atoms with E-state index in [0.717, 1.165) is 34.1 Å². The zero-order valence-corrected chi connectivity index (χ0v) is 14.2. The van der Waals surface area contributed by atoms with Gasteiger partial charge in [0.15, 0.2) is 5.65 Å². The van der Waals surface area contributed by atoms with Crippen molar-refractivity contribution in [2.75, 3.05) is 5.88 Å². The summed E-state index contributed by atoms with van der Waals surface area (Å²) in [6.45, 7) is 6.31. The van der Waals surface area contributed by atoms with Gasteiger partial charge >= 0.3 is 0 Å². The molecule has 0 bridgehead atoms. The SMILES string of the molecule is Cc1nn(C)c2c1nc(CCCl)n2C(C)(C)c1nccs1. The largest absolute Gasteiger partial charge is 0.301 e. The van der Waals surface area contributed by atoms with E-state index < -0.39 is 0 Å². The molecule has 0 saturated carbocycles. The number of thiazole rings is 1. The van der Waals surface area contributed by atoms with Crippen LogP contribution in [0.3, 0.4) is 0 Å². The third-order valence-electron chi connectivity index (χ3n) is 3.70. The van der Waals surface area contributed by atoms with Gasteiger partial charge in [0, 0.05) is 30.9 Å². The fourth-order valence-corrected chi connectivity index (χ4v) is 3.70. The van der Waals surface area contributed by atoms with Gasteiger partial charge in [0.1, 0.15) is 16.3 Å². The molecule has 3 aromatic heterocycles. The van der Waals surface area contributed by atoms with Crippen LogP contribution in [0, 0.1) is 6.92 Å². The predicted molar refractivity (Wildman–Crippen MR) is 86.2 cm³/mol. The number of alkyl halides is 1. The van der Waals surface area contributed by atoms with Gasteiger partial charge in [0.05, 0.1) is 11.2 Å². The number of aromatic nitrogens is 5. The summed E-state index contributed by atoms with van der Waals surface area (Å²) in [5.41, 5.74) is 2.62.